The Morgan fingerprint density at radius 2 is 1.62 bits per heavy atom. The van der Waals surface area contributed by atoms with E-state index in [0.29, 0.717) is 32.4 Å². The SMILES string of the molecule is CC[C@H](C)[C@H](NC(=O)OCc1ccccc1)C(=O)N1CCC(NS(=O)(=O)c2ccccc2)CC1. The van der Waals surface area contributed by atoms with Crippen LogP contribution in [0.1, 0.15) is 38.7 Å². The first-order chi connectivity index (χ1) is 16.3. The molecule has 34 heavy (non-hydrogen) atoms. The van der Waals surface area contributed by atoms with Crippen LogP contribution in [0, 0.1) is 5.92 Å². The summed E-state index contributed by atoms with van der Waals surface area (Å²) in [4.78, 5) is 27.6. The summed E-state index contributed by atoms with van der Waals surface area (Å²) >= 11 is 0. The molecule has 2 aromatic carbocycles. The van der Waals surface area contributed by atoms with E-state index in [2.05, 4.69) is 10.0 Å². The van der Waals surface area contributed by atoms with Gasteiger partial charge in [0.15, 0.2) is 0 Å². The maximum atomic E-state index is 13.2. The van der Waals surface area contributed by atoms with Gasteiger partial charge >= 0.3 is 6.09 Å². The first-order valence-electron chi connectivity index (χ1n) is 11.6. The van der Waals surface area contributed by atoms with Crippen molar-refractivity contribution in [1.29, 1.82) is 0 Å². The van der Waals surface area contributed by atoms with Crippen LogP contribution in [0.15, 0.2) is 65.6 Å². The number of alkyl carbamates (subject to hydrolysis) is 1. The number of ether oxygens (including phenoxy) is 1. The zero-order chi connectivity index (χ0) is 24.6. The number of sulfonamides is 1. The molecule has 0 saturated carbocycles. The summed E-state index contributed by atoms with van der Waals surface area (Å²) in [6.45, 7) is 4.83. The molecule has 0 aromatic heterocycles. The van der Waals surface area contributed by atoms with Crippen molar-refractivity contribution in [1.82, 2.24) is 14.9 Å². The molecule has 0 radical (unpaired) electrons. The van der Waals surface area contributed by atoms with Crippen LogP contribution in [-0.4, -0.2) is 50.5 Å². The third kappa shape index (κ3) is 7.04. The van der Waals surface area contributed by atoms with E-state index >= 15 is 0 Å². The molecule has 184 valence electrons. The van der Waals surface area contributed by atoms with Crippen LogP contribution >= 0.6 is 0 Å². The summed E-state index contributed by atoms with van der Waals surface area (Å²) in [5.74, 6) is -0.249. The van der Waals surface area contributed by atoms with Crippen molar-refractivity contribution < 1.29 is 22.7 Å². The Bertz CT molecular complexity index is 1040. The van der Waals surface area contributed by atoms with Crippen molar-refractivity contribution >= 4 is 22.0 Å². The highest BCUT2D eigenvalue weighted by atomic mass is 32.2. The molecule has 2 atom stereocenters. The van der Waals surface area contributed by atoms with Crippen molar-refractivity contribution in [3.8, 4) is 0 Å². The van der Waals surface area contributed by atoms with Gasteiger partial charge in [0, 0.05) is 19.1 Å². The second-order valence-corrected chi connectivity index (χ2v) is 10.3. The predicted octanol–water partition coefficient (Wildman–Crippen LogP) is 3.30. The van der Waals surface area contributed by atoms with Gasteiger partial charge in [-0.3, -0.25) is 4.79 Å². The molecule has 2 amide bonds. The fraction of sp³-hybridized carbons (Fsp3) is 0.440. The minimum atomic E-state index is -3.60. The highest BCUT2D eigenvalue weighted by Gasteiger charge is 2.33. The van der Waals surface area contributed by atoms with Gasteiger partial charge in [-0.15, -0.1) is 0 Å². The van der Waals surface area contributed by atoms with Gasteiger partial charge in [0.2, 0.25) is 15.9 Å². The highest BCUT2D eigenvalue weighted by molar-refractivity contribution is 7.89. The van der Waals surface area contributed by atoms with E-state index in [1.165, 1.54) is 0 Å². The largest absolute Gasteiger partial charge is 0.445 e. The zero-order valence-electron chi connectivity index (χ0n) is 19.6. The number of hydrogen-bond donors (Lipinski definition) is 2. The number of likely N-dealkylation sites (tertiary alicyclic amines) is 1. The van der Waals surface area contributed by atoms with E-state index in [1.807, 2.05) is 44.2 Å². The summed E-state index contributed by atoms with van der Waals surface area (Å²) in [5.41, 5.74) is 0.865. The van der Waals surface area contributed by atoms with Crippen molar-refractivity contribution in [3.63, 3.8) is 0 Å². The van der Waals surface area contributed by atoms with Crippen molar-refractivity contribution in [2.45, 2.75) is 56.7 Å². The quantitative estimate of drug-likeness (QED) is 0.565. The van der Waals surface area contributed by atoms with E-state index < -0.39 is 22.2 Å². The average Bonchev–Trinajstić information content (AvgIpc) is 2.86. The Labute approximate surface area is 201 Å². The van der Waals surface area contributed by atoms with Crippen LogP contribution in [0.5, 0.6) is 0 Å². The maximum absolute atomic E-state index is 13.2. The first kappa shape index (κ1) is 25.7. The molecule has 0 bridgehead atoms. The summed E-state index contributed by atoms with van der Waals surface area (Å²) in [5, 5.41) is 2.74. The molecular formula is C25H33N3O5S. The molecular weight excluding hydrogens is 454 g/mol. The van der Waals surface area contributed by atoms with Gasteiger partial charge in [0.1, 0.15) is 12.6 Å². The van der Waals surface area contributed by atoms with Crippen LogP contribution in [0.3, 0.4) is 0 Å². The van der Waals surface area contributed by atoms with Gasteiger partial charge in [0.25, 0.3) is 0 Å². The lowest BCUT2D eigenvalue weighted by Gasteiger charge is -2.35. The molecule has 8 nitrogen and oxygen atoms in total. The van der Waals surface area contributed by atoms with Gasteiger partial charge in [-0.2, -0.15) is 0 Å². The minimum Gasteiger partial charge on any atom is -0.445 e. The Balaban J connectivity index is 1.54. The molecule has 0 unspecified atom stereocenters. The monoisotopic (exact) mass is 487 g/mol. The fourth-order valence-electron chi connectivity index (χ4n) is 3.88. The third-order valence-corrected chi connectivity index (χ3v) is 7.68. The summed E-state index contributed by atoms with van der Waals surface area (Å²) in [6, 6.07) is 16.6. The molecule has 1 aliphatic heterocycles. The van der Waals surface area contributed by atoms with E-state index in [4.69, 9.17) is 4.74 Å². The van der Waals surface area contributed by atoms with Gasteiger partial charge in [-0.25, -0.2) is 17.9 Å². The predicted molar refractivity (Wildman–Crippen MR) is 129 cm³/mol. The van der Waals surface area contributed by atoms with Crippen LogP contribution < -0.4 is 10.0 Å². The third-order valence-electron chi connectivity index (χ3n) is 6.15. The molecule has 1 aliphatic rings. The van der Waals surface area contributed by atoms with Gasteiger partial charge in [-0.1, -0.05) is 68.8 Å². The molecule has 9 heteroatoms. The van der Waals surface area contributed by atoms with E-state index in [0.717, 1.165) is 5.56 Å². The first-order valence-corrected chi connectivity index (χ1v) is 13.1. The number of piperidine rings is 1. The minimum absolute atomic E-state index is 0.0777. The Hall–Kier alpha value is -2.91. The second-order valence-electron chi connectivity index (χ2n) is 8.60. The molecule has 0 spiro atoms. The number of hydrogen-bond acceptors (Lipinski definition) is 5. The maximum Gasteiger partial charge on any atom is 0.408 e. The van der Waals surface area contributed by atoms with E-state index in [1.54, 1.807) is 35.2 Å². The van der Waals surface area contributed by atoms with Crippen molar-refractivity contribution in [2.24, 2.45) is 5.92 Å². The average molecular weight is 488 g/mol. The van der Waals surface area contributed by atoms with Gasteiger partial charge in [-0.05, 0) is 36.5 Å². The molecule has 1 saturated heterocycles. The van der Waals surface area contributed by atoms with Gasteiger partial charge in [0.05, 0.1) is 4.90 Å². The smallest absolute Gasteiger partial charge is 0.408 e. The molecule has 3 rings (SSSR count). The summed E-state index contributed by atoms with van der Waals surface area (Å²) < 4.78 is 33.2. The van der Waals surface area contributed by atoms with Gasteiger partial charge < -0.3 is 15.0 Å². The number of amides is 2. The van der Waals surface area contributed by atoms with Crippen LogP contribution in [-0.2, 0) is 26.2 Å². The number of nitrogens with zero attached hydrogens (tertiary/aromatic N) is 1. The number of carbonyl (C=O) groups excluding carboxylic acids is 2. The number of rotatable bonds is 9. The molecule has 1 heterocycles. The van der Waals surface area contributed by atoms with E-state index in [9.17, 15) is 18.0 Å². The molecule has 1 fully saturated rings. The zero-order valence-corrected chi connectivity index (χ0v) is 20.5. The number of benzene rings is 2. The van der Waals surface area contributed by atoms with Crippen LogP contribution in [0.4, 0.5) is 4.79 Å². The summed E-state index contributed by atoms with van der Waals surface area (Å²) in [6.07, 6.45) is 1.09. The highest BCUT2D eigenvalue weighted by Crippen LogP contribution is 2.18. The molecule has 2 aromatic rings. The Morgan fingerprint density at radius 3 is 2.21 bits per heavy atom. The fourth-order valence-corrected chi connectivity index (χ4v) is 5.20. The Kier molecular flexibility index (Phi) is 9.06. The summed E-state index contributed by atoms with van der Waals surface area (Å²) in [7, 11) is -3.60. The van der Waals surface area contributed by atoms with E-state index in [-0.39, 0.29) is 29.4 Å². The normalized spacial score (nSPS) is 16.5. The Morgan fingerprint density at radius 1 is 1.03 bits per heavy atom. The molecule has 0 aliphatic carbocycles. The van der Waals surface area contributed by atoms with Crippen LogP contribution in [0.2, 0.25) is 0 Å². The molecule has 2 N–H and O–H groups in total. The van der Waals surface area contributed by atoms with Crippen LogP contribution in [0.25, 0.3) is 0 Å². The lowest BCUT2D eigenvalue weighted by atomic mass is 9.96. The number of nitrogens with one attached hydrogen (secondary N) is 2. The van der Waals surface area contributed by atoms with Crippen molar-refractivity contribution in [3.05, 3.63) is 66.2 Å². The second kappa shape index (κ2) is 12.0. The lowest BCUT2D eigenvalue weighted by molar-refractivity contribution is -0.135. The lowest BCUT2D eigenvalue weighted by Crippen LogP contribution is -2.55. The standard InChI is InChI=1S/C25H33N3O5S/c1-3-19(2)23(26-25(30)33-18-20-10-6-4-7-11-20)24(29)28-16-14-21(15-17-28)27-34(31,32)22-12-8-5-9-13-22/h4-13,19,21,23,27H,3,14-18H2,1-2H3,(H,26,30)/t19-,23-/m0/s1. The number of carbonyl (C=O) groups is 2. The van der Waals surface area contributed by atoms with Crippen molar-refractivity contribution in [2.75, 3.05) is 13.1 Å². The topological polar surface area (TPSA) is 105 Å².